The van der Waals surface area contributed by atoms with Crippen molar-refractivity contribution >= 4 is 11.6 Å². The average molecular weight is 252 g/mol. The van der Waals surface area contributed by atoms with E-state index in [1.165, 1.54) is 31.2 Å². The van der Waals surface area contributed by atoms with Crippen molar-refractivity contribution in [2.75, 3.05) is 0 Å². The predicted octanol–water partition coefficient (Wildman–Crippen LogP) is 4.57. The normalized spacial score (nSPS) is 19.7. The minimum absolute atomic E-state index is 0.378. The van der Waals surface area contributed by atoms with Crippen LogP contribution in [0, 0.1) is 5.92 Å². The second kappa shape index (κ2) is 5.88. The van der Waals surface area contributed by atoms with Gasteiger partial charge >= 0.3 is 0 Å². The SMILES string of the molecule is CC(CC1CCC1)N[C@H](C)c1cccc(Cl)c1. The Morgan fingerprint density at radius 1 is 1.35 bits per heavy atom. The average Bonchev–Trinajstić information content (AvgIpc) is 2.23. The number of halogens is 1. The lowest BCUT2D eigenvalue weighted by atomic mass is 9.81. The molecule has 0 radical (unpaired) electrons. The molecule has 2 heteroatoms. The first-order valence-electron chi connectivity index (χ1n) is 6.66. The van der Waals surface area contributed by atoms with Gasteiger partial charge < -0.3 is 5.32 Å². The van der Waals surface area contributed by atoms with Gasteiger partial charge in [-0.15, -0.1) is 0 Å². The minimum Gasteiger partial charge on any atom is -0.308 e. The summed E-state index contributed by atoms with van der Waals surface area (Å²) in [6.07, 6.45) is 5.60. The number of rotatable bonds is 5. The lowest BCUT2D eigenvalue weighted by molar-refractivity contribution is 0.259. The van der Waals surface area contributed by atoms with Crippen molar-refractivity contribution in [1.82, 2.24) is 5.32 Å². The molecule has 1 fully saturated rings. The molecule has 0 saturated heterocycles. The number of hydrogen-bond donors (Lipinski definition) is 1. The molecule has 0 aliphatic heterocycles. The van der Waals surface area contributed by atoms with Crippen molar-refractivity contribution in [1.29, 1.82) is 0 Å². The van der Waals surface area contributed by atoms with Crippen molar-refractivity contribution < 1.29 is 0 Å². The molecular weight excluding hydrogens is 230 g/mol. The van der Waals surface area contributed by atoms with Crippen LogP contribution in [-0.2, 0) is 0 Å². The lowest BCUT2D eigenvalue weighted by Crippen LogP contribution is -2.32. The van der Waals surface area contributed by atoms with E-state index in [0.29, 0.717) is 12.1 Å². The number of benzene rings is 1. The largest absolute Gasteiger partial charge is 0.308 e. The van der Waals surface area contributed by atoms with Gasteiger partial charge in [0.15, 0.2) is 0 Å². The molecule has 0 heterocycles. The molecule has 17 heavy (non-hydrogen) atoms. The summed E-state index contributed by atoms with van der Waals surface area (Å²) >= 11 is 6.01. The van der Waals surface area contributed by atoms with Crippen LogP contribution in [0.1, 0.15) is 51.1 Å². The number of hydrogen-bond acceptors (Lipinski definition) is 1. The van der Waals surface area contributed by atoms with Gasteiger partial charge in [0, 0.05) is 17.1 Å². The zero-order valence-corrected chi connectivity index (χ0v) is 11.5. The molecule has 1 aliphatic rings. The van der Waals surface area contributed by atoms with Crippen LogP contribution in [0.5, 0.6) is 0 Å². The maximum Gasteiger partial charge on any atom is 0.0409 e. The van der Waals surface area contributed by atoms with Gasteiger partial charge in [0.2, 0.25) is 0 Å². The molecule has 1 aliphatic carbocycles. The molecule has 1 unspecified atom stereocenters. The highest BCUT2D eigenvalue weighted by Gasteiger charge is 2.20. The van der Waals surface area contributed by atoms with E-state index in [1.54, 1.807) is 0 Å². The summed E-state index contributed by atoms with van der Waals surface area (Å²) in [5.41, 5.74) is 1.28. The van der Waals surface area contributed by atoms with Gasteiger partial charge in [-0.25, -0.2) is 0 Å². The Morgan fingerprint density at radius 3 is 2.71 bits per heavy atom. The Bertz CT molecular complexity index is 360. The summed E-state index contributed by atoms with van der Waals surface area (Å²) in [4.78, 5) is 0. The van der Waals surface area contributed by atoms with Crippen LogP contribution >= 0.6 is 11.6 Å². The molecule has 0 amide bonds. The van der Waals surface area contributed by atoms with E-state index in [9.17, 15) is 0 Å². The molecule has 0 bridgehead atoms. The fraction of sp³-hybridized carbons (Fsp3) is 0.600. The summed E-state index contributed by atoms with van der Waals surface area (Å²) in [5, 5.41) is 4.49. The molecule has 0 spiro atoms. The van der Waals surface area contributed by atoms with Gasteiger partial charge in [0.25, 0.3) is 0 Å². The Kier molecular flexibility index (Phi) is 4.47. The Hall–Kier alpha value is -0.530. The highest BCUT2D eigenvalue weighted by atomic mass is 35.5. The second-order valence-corrected chi connectivity index (χ2v) is 5.81. The molecule has 1 N–H and O–H groups in total. The van der Waals surface area contributed by atoms with Crippen molar-refractivity contribution in [3.63, 3.8) is 0 Å². The van der Waals surface area contributed by atoms with Crippen LogP contribution in [0.15, 0.2) is 24.3 Å². The van der Waals surface area contributed by atoms with E-state index < -0.39 is 0 Å². The van der Waals surface area contributed by atoms with Crippen LogP contribution in [0.2, 0.25) is 5.02 Å². The molecule has 1 aromatic rings. The lowest BCUT2D eigenvalue weighted by Gasteiger charge is -2.30. The highest BCUT2D eigenvalue weighted by molar-refractivity contribution is 6.30. The van der Waals surface area contributed by atoms with Crippen molar-refractivity contribution in [3.05, 3.63) is 34.9 Å². The Balaban J connectivity index is 1.84. The van der Waals surface area contributed by atoms with Crippen LogP contribution in [0.25, 0.3) is 0 Å². The minimum atomic E-state index is 0.378. The third-order valence-corrected chi connectivity index (χ3v) is 4.03. The van der Waals surface area contributed by atoms with E-state index >= 15 is 0 Å². The maximum atomic E-state index is 6.01. The highest BCUT2D eigenvalue weighted by Crippen LogP contribution is 2.31. The quantitative estimate of drug-likeness (QED) is 0.808. The van der Waals surface area contributed by atoms with Gasteiger partial charge in [0.1, 0.15) is 0 Å². The molecule has 94 valence electrons. The molecule has 1 nitrogen and oxygen atoms in total. The van der Waals surface area contributed by atoms with Crippen molar-refractivity contribution in [2.24, 2.45) is 5.92 Å². The van der Waals surface area contributed by atoms with Crippen LogP contribution in [0.3, 0.4) is 0 Å². The Labute approximate surface area is 110 Å². The third-order valence-electron chi connectivity index (χ3n) is 3.79. The zero-order valence-electron chi connectivity index (χ0n) is 10.7. The molecule has 1 saturated carbocycles. The fourth-order valence-corrected chi connectivity index (χ4v) is 2.79. The Morgan fingerprint density at radius 2 is 2.12 bits per heavy atom. The molecule has 1 aromatic carbocycles. The van der Waals surface area contributed by atoms with Crippen LogP contribution in [-0.4, -0.2) is 6.04 Å². The van der Waals surface area contributed by atoms with E-state index in [0.717, 1.165) is 10.9 Å². The molecule has 2 atom stereocenters. The second-order valence-electron chi connectivity index (χ2n) is 5.38. The number of nitrogens with one attached hydrogen (secondary N) is 1. The van der Waals surface area contributed by atoms with Gasteiger partial charge in [-0.1, -0.05) is 43.0 Å². The summed E-state index contributed by atoms with van der Waals surface area (Å²) in [7, 11) is 0. The molecular formula is C15H22ClN. The fourth-order valence-electron chi connectivity index (χ4n) is 2.60. The standard InChI is InChI=1S/C15H22ClN/c1-11(9-13-5-3-6-13)17-12(2)14-7-4-8-15(16)10-14/h4,7-8,10-13,17H,3,5-6,9H2,1-2H3/t11?,12-/m1/s1. The zero-order chi connectivity index (χ0) is 12.3. The molecule has 0 aromatic heterocycles. The topological polar surface area (TPSA) is 12.0 Å². The van der Waals surface area contributed by atoms with Gasteiger partial charge in [-0.2, -0.15) is 0 Å². The summed E-state index contributed by atoms with van der Waals surface area (Å²) in [6, 6.07) is 9.11. The van der Waals surface area contributed by atoms with E-state index in [-0.39, 0.29) is 0 Å². The van der Waals surface area contributed by atoms with Crippen molar-refractivity contribution in [2.45, 2.75) is 51.6 Å². The first kappa shape index (κ1) is 12.9. The van der Waals surface area contributed by atoms with E-state index in [2.05, 4.69) is 31.3 Å². The van der Waals surface area contributed by atoms with E-state index in [4.69, 9.17) is 11.6 Å². The van der Waals surface area contributed by atoms with Gasteiger partial charge in [0.05, 0.1) is 0 Å². The predicted molar refractivity (Wildman–Crippen MR) is 74.4 cm³/mol. The first-order chi connectivity index (χ1) is 8.15. The summed E-state index contributed by atoms with van der Waals surface area (Å²) < 4.78 is 0. The third kappa shape index (κ3) is 3.72. The monoisotopic (exact) mass is 251 g/mol. The van der Waals surface area contributed by atoms with Crippen LogP contribution in [0.4, 0.5) is 0 Å². The summed E-state index contributed by atoms with van der Waals surface area (Å²) in [5.74, 6) is 0.962. The van der Waals surface area contributed by atoms with E-state index in [1.807, 2.05) is 12.1 Å². The maximum absolute atomic E-state index is 6.01. The van der Waals surface area contributed by atoms with Crippen molar-refractivity contribution in [3.8, 4) is 0 Å². The first-order valence-corrected chi connectivity index (χ1v) is 7.04. The van der Waals surface area contributed by atoms with Gasteiger partial charge in [-0.3, -0.25) is 0 Å². The van der Waals surface area contributed by atoms with Crippen LogP contribution < -0.4 is 5.32 Å². The summed E-state index contributed by atoms with van der Waals surface area (Å²) in [6.45, 7) is 4.50. The van der Waals surface area contributed by atoms with Gasteiger partial charge in [-0.05, 0) is 43.9 Å². The molecule has 2 rings (SSSR count). The smallest absolute Gasteiger partial charge is 0.0409 e.